The fourth-order valence-electron chi connectivity index (χ4n) is 1.16. The highest BCUT2D eigenvalue weighted by atomic mass is 16.3. The second-order valence-electron chi connectivity index (χ2n) is 3.03. The van der Waals surface area contributed by atoms with Crippen LogP contribution < -0.4 is 0 Å². The highest BCUT2D eigenvalue weighted by Gasteiger charge is 1.95. The Morgan fingerprint density at radius 1 is 1.13 bits per heavy atom. The predicted octanol–water partition coefficient (Wildman–Crippen LogP) is 2.54. The molecule has 0 saturated heterocycles. The molecule has 2 aromatic rings. The summed E-state index contributed by atoms with van der Waals surface area (Å²) in [6.07, 6.45) is 4.63. The van der Waals surface area contributed by atoms with Crippen molar-refractivity contribution in [2.24, 2.45) is 4.99 Å². The lowest BCUT2D eigenvalue weighted by atomic mass is 10.2. The minimum absolute atomic E-state index is 0.136. The van der Waals surface area contributed by atoms with Gasteiger partial charge in [0.2, 0.25) is 0 Å². The van der Waals surface area contributed by atoms with E-state index >= 15 is 0 Å². The van der Waals surface area contributed by atoms with Gasteiger partial charge in [-0.15, -0.1) is 0 Å². The zero-order valence-electron chi connectivity index (χ0n) is 8.04. The highest BCUT2D eigenvalue weighted by Crippen LogP contribution is 2.14. The van der Waals surface area contributed by atoms with Crippen LogP contribution in [0.2, 0.25) is 0 Å². The van der Waals surface area contributed by atoms with Gasteiger partial charge in [-0.05, 0) is 18.2 Å². The molecule has 1 aromatic heterocycles. The van der Waals surface area contributed by atoms with Crippen LogP contribution >= 0.6 is 0 Å². The molecule has 3 heteroatoms. The molecule has 0 aliphatic carbocycles. The summed E-state index contributed by atoms with van der Waals surface area (Å²) < 4.78 is 0. The van der Waals surface area contributed by atoms with Crippen LogP contribution in [-0.2, 0) is 0 Å². The first kappa shape index (κ1) is 9.40. The Labute approximate surface area is 87.8 Å². The SMILES string of the molecule is Oc1cnccc1C=Nc1ccccc1. The van der Waals surface area contributed by atoms with E-state index in [1.54, 1.807) is 18.5 Å². The van der Waals surface area contributed by atoms with E-state index in [2.05, 4.69) is 9.98 Å². The first-order chi connectivity index (χ1) is 7.36. The van der Waals surface area contributed by atoms with E-state index < -0.39 is 0 Å². The van der Waals surface area contributed by atoms with Gasteiger partial charge in [0.1, 0.15) is 5.75 Å². The van der Waals surface area contributed by atoms with Crippen LogP contribution in [-0.4, -0.2) is 16.3 Å². The summed E-state index contributed by atoms with van der Waals surface area (Å²) in [6, 6.07) is 11.3. The van der Waals surface area contributed by atoms with Crippen LogP contribution in [0.25, 0.3) is 0 Å². The Morgan fingerprint density at radius 2 is 1.93 bits per heavy atom. The average molecular weight is 198 g/mol. The molecular formula is C12H10N2O. The number of aliphatic imine (C=N–C) groups is 1. The molecule has 0 radical (unpaired) electrons. The maximum atomic E-state index is 9.43. The standard InChI is InChI=1S/C12H10N2O/c15-12-9-13-7-6-10(12)8-14-11-4-2-1-3-5-11/h1-9,15H. The lowest BCUT2D eigenvalue weighted by molar-refractivity contribution is 0.472. The highest BCUT2D eigenvalue weighted by molar-refractivity contribution is 5.84. The zero-order chi connectivity index (χ0) is 10.5. The molecular weight excluding hydrogens is 188 g/mol. The lowest BCUT2D eigenvalue weighted by Crippen LogP contribution is -1.82. The van der Waals surface area contributed by atoms with Crippen LogP contribution in [0.3, 0.4) is 0 Å². The molecule has 0 bridgehead atoms. The molecule has 2 rings (SSSR count). The predicted molar refractivity (Wildman–Crippen MR) is 59.6 cm³/mol. The minimum Gasteiger partial charge on any atom is -0.506 e. The van der Waals surface area contributed by atoms with E-state index in [0.29, 0.717) is 5.56 Å². The Bertz CT molecular complexity index is 466. The zero-order valence-corrected chi connectivity index (χ0v) is 8.04. The molecule has 74 valence electrons. The minimum atomic E-state index is 0.136. The molecule has 0 unspecified atom stereocenters. The van der Waals surface area contributed by atoms with Gasteiger partial charge in [0, 0.05) is 18.0 Å². The summed E-state index contributed by atoms with van der Waals surface area (Å²) in [7, 11) is 0. The van der Waals surface area contributed by atoms with Gasteiger partial charge >= 0.3 is 0 Å². The number of pyridine rings is 1. The monoisotopic (exact) mass is 198 g/mol. The molecule has 1 N–H and O–H groups in total. The number of benzene rings is 1. The maximum Gasteiger partial charge on any atom is 0.142 e. The Balaban J connectivity index is 2.23. The molecule has 0 fully saturated rings. The maximum absolute atomic E-state index is 9.43. The number of hydrogen-bond acceptors (Lipinski definition) is 3. The van der Waals surface area contributed by atoms with Crippen LogP contribution in [0.4, 0.5) is 5.69 Å². The number of aromatic hydroxyl groups is 1. The second kappa shape index (κ2) is 4.37. The lowest BCUT2D eigenvalue weighted by Gasteiger charge is -1.96. The largest absolute Gasteiger partial charge is 0.506 e. The fourth-order valence-corrected chi connectivity index (χ4v) is 1.16. The second-order valence-corrected chi connectivity index (χ2v) is 3.03. The van der Waals surface area contributed by atoms with Crippen LogP contribution in [0.1, 0.15) is 5.56 Å². The molecule has 0 atom stereocenters. The van der Waals surface area contributed by atoms with E-state index in [-0.39, 0.29) is 5.75 Å². The van der Waals surface area contributed by atoms with E-state index in [1.165, 1.54) is 6.20 Å². The molecule has 1 aromatic carbocycles. The third kappa shape index (κ3) is 2.40. The van der Waals surface area contributed by atoms with Crippen molar-refractivity contribution < 1.29 is 5.11 Å². The van der Waals surface area contributed by atoms with Gasteiger partial charge in [-0.3, -0.25) is 9.98 Å². The Hall–Kier alpha value is -2.16. The van der Waals surface area contributed by atoms with Crippen molar-refractivity contribution in [2.45, 2.75) is 0 Å². The van der Waals surface area contributed by atoms with E-state index in [4.69, 9.17) is 0 Å². The van der Waals surface area contributed by atoms with Gasteiger partial charge in [-0.25, -0.2) is 0 Å². The molecule has 15 heavy (non-hydrogen) atoms. The quantitative estimate of drug-likeness (QED) is 0.753. The first-order valence-corrected chi connectivity index (χ1v) is 4.58. The third-order valence-corrected chi connectivity index (χ3v) is 1.94. The smallest absolute Gasteiger partial charge is 0.142 e. The Morgan fingerprint density at radius 3 is 2.67 bits per heavy atom. The molecule has 1 heterocycles. The number of rotatable bonds is 2. The van der Waals surface area contributed by atoms with Crippen molar-refractivity contribution in [1.82, 2.24) is 4.98 Å². The fraction of sp³-hybridized carbons (Fsp3) is 0. The number of para-hydroxylation sites is 1. The van der Waals surface area contributed by atoms with Crippen molar-refractivity contribution in [2.75, 3.05) is 0 Å². The van der Waals surface area contributed by atoms with Gasteiger partial charge in [0.15, 0.2) is 0 Å². The van der Waals surface area contributed by atoms with E-state index in [9.17, 15) is 5.11 Å². The van der Waals surface area contributed by atoms with Crippen molar-refractivity contribution in [1.29, 1.82) is 0 Å². The van der Waals surface area contributed by atoms with Crippen LogP contribution in [0, 0.1) is 0 Å². The van der Waals surface area contributed by atoms with Gasteiger partial charge in [-0.1, -0.05) is 18.2 Å². The summed E-state index contributed by atoms with van der Waals surface area (Å²) in [5.74, 6) is 0.136. The first-order valence-electron chi connectivity index (χ1n) is 4.58. The van der Waals surface area contributed by atoms with Crippen molar-refractivity contribution in [3.8, 4) is 5.75 Å². The summed E-state index contributed by atoms with van der Waals surface area (Å²) >= 11 is 0. The van der Waals surface area contributed by atoms with Crippen molar-refractivity contribution in [3.63, 3.8) is 0 Å². The summed E-state index contributed by atoms with van der Waals surface area (Å²) in [4.78, 5) is 8.01. The van der Waals surface area contributed by atoms with E-state index in [0.717, 1.165) is 5.69 Å². The van der Waals surface area contributed by atoms with Gasteiger partial charge in [0.05, 0.1) is 11.9 Å². The number of hydrogen-bond donors (Lipinski definition) is 1. The van der Waals surface area contributed by atoms with Crippen LogP contribution in [0.5, 0.6) is 5.75 Å². The average Bonchev–Trinajstić information content (AvgIpc) is 2.29. The summed E-state index contributed by atoms with van der Waals surface area (Å²) in [5.41, 5.74) is 1.52. The van der Waals surface area contributed by atoms with Crippen molar-refractivity contribution in [3.05, 3.63) is 54.4 Å². The Kier molecular flexibility index (Phi) is 2.74. The summed E-state index contributed by atoms with van der Waals surface area (Å²) in [5, 5.41) is 9.43. The molecule has 0 saturated carbocycles. The van der Waals surface area contributed by atoms with Gasteiger partial charge in [0.25, 0.3) is 0 Å². The summed E-state index contributed by atoms with van der Waals surface area (Å²) in [6.45, 7) is 0. The molecule has 0 aliphatic heterocycles. The van der Waals surface area contributed by atoms with Crippen LogP contribution in [0.15, 0.2) is 53.8 Å². The number of nitrogens with zero attached hydrogens (tertiary/aromatic N) is 2. The molecule has 0 spiro atoms. The molecule has 0 aliphatic rings. The topological polar surface area (TPSA) is 45.5 Å². The molecule has 0 amide bonds. The number of aromatic nitrogens is 1. The molecule has 3 nitrogen and oxygen atoms in total. The van der Waals surface area contributed by atoms with Gasteiger partial charge in [-0.2, -0.15) is 0 Å². The normalized spacial score (nSPS) is 10.7. The van der Waals surface area contributed by atoms with Crippen molar-refractivity contribution >= 4 is 11.9 Å². The van der Waals surface area contributed by atoms with Gasteiger partial charge < -0.3 is 5.11 Å². The van der Waals surface area contributed by atoms with E-state index in [1.807, 2.05) is 30.3 Å². The third-order valence-electron chi connectivity index (χ3n) is 1.94.